The number of likely N-dealkylation sites (tertiary alicyclic amines) is 1. The lowest BCUT2D eigenvalue weighted by Crippen LogP contribution is -2.74. The molecule has 43 heavy (non-hydrogen) atoms. The van der Waals surface area contributed by atoms with Crippen molar-refractivity contribution in [2.75, 3.05) is 26.7 Å². The largest absolute Gasteiger partial charge is 0.491 e. The number of nitrogens with zero attached hydrogens (tertiary/aromatic N) is 3. The van der Waals surface area contributed by atoms with Gasteiger partial charge in [0.15, 0.2) is 11.5 Å². The van der Waals surface area contributed by atoms with Crippen LogP contribution in [0.3, 0.4) is 0 Å². The lowest BCUT2D eigenvalue weighted by atomic mass is 9.80. The summed E-state index contributed by atoms with van der Waals surface area (Å²) in [4.78, 5) is 31.1. The number of ether oxygens (including phenoxy) is 2. The molecule has 0 aliphatic carbocycles. The first-order chi connectivity index (χ1) is 20.5. The van der Waals surface area contributed by atoms with Gasteiger partial charge in [0.25, 0.3) is 0 Å². The van der Waals surface area contributed by atoms with Crippen molar-refractivity contribution in [2.24, 2.45) is 10.3 Å². The maximum absolute atomic E-state index is 13.5. The van der Waals surface area contributed by atoms with E-state index in [1.165, 1.54) is 7.11 Å². The molecule has 2 aromatic rings. The van der Waals surface area contributed by atoms with Crippen molar-refractivity contribution >= 4 is 28.0 Å². The summed E-state index contributed by atoms with van der Waals surface area (Å²) in [6.07, 6.45) is 1.81. The molecule has 234 valence electrons. The van der Waals surface area contributed by atoms with Crippen molar-refractivity contribution in [3.05, 3.63) is 47.5 Å². The second-order valence-electron chi connectivity index (χ2n) is 11.7. The zero-order chi connectivity index (χ0) is 31.3. The Morgan fingerprint density at radius 1 is 1.12 bits per heavy atom. The van der Waals surface area contributed by atoms with E-state index in [1.807, 2.05) is 38.1 Å². The first-order valence-corrected chi connectivity index (χ1v) is 15.8. The Labute approximate surface area is 254 Å². The van der Waals surface area contributed by atoms with Crippen molar-refractivity contribution in [2.45, 2.75) is 77.6 Å². The monoisotopic (exact) mass is 614 g/mol. The second kappa shape index (κ2) is 13.9. The van der Waals surface area contributed by atoms with Gasteiger partial charge >= 0.3 is 10.5 Å². The van der Waals surface area contributed by atoms with Gasteiger partial charge in [-0.1, -0.05) is 45.4 Å². The number of aliphatic hydroxyl groups excluding tert-OH is 1. The van der Waals surface area contributed by atoms with Crippen molar-refractivity contribution in [1.82, 2.24) is 15.1 Å². The Hall–Kier alpha value is -3.48. The molecular formula is C31H42N4O7S. The molecule has 2 aromatic carbocycles. The second-order valence-corrected chi connectivity index (χ2v) is 12.3. The molecule has 2 aliphatic rings. The molecule has 2 aliphatic heterocycles. The molecule has 11 nitrogen and oxygen atoms in total. The van der Waals surface area contributed by atoms with E-state index in [1.54, 1.807) is 24.0 Å². The Kier molecular flexibility index (Phi) is 10.5. The minimum absolute atomic E-state index is 0.155. The van der Waals surface area contributed by atoms with E-state index >= 15 is 0 Å². The number of benzene rings is 2. The number of piperidine rings is 1. The number of aliphatic hydroxyl groups is 1. The molecule has 2 atom stereocenters. The summed E-state index contributed by atoms with van der Waals surface area (Å²) in [5, 5.41) is 13.5. The molecule has 2 saturated heterocycles. The average Bonchev–Trinajstić information content (AvgIpc) is 2.98. The number of hydrogen-bond donors (Lipinski definition) is 2. The highest BCUT2D eigenvalue weighted by molar-refractivity contribution is 7.61. The van der Waals surface area contributed by atoms with Gasteiger partial charge in [0.1, 0.15) is 23.0 Å². The van der Waals surface area contributed by atoms with Gasteiger partial charge in [0.2, 0.25) is 11.8 Å². The van der Waals surface area contributed by atoms with Crippen molar-refractivity contribution < 1.29 is 32.6 Å². The van der Waals surface area contributed by atoms with Crippen LogP contribution in [0.15, 0.2) is 40.8 Å². The Balaban J connectivity index is 1.43. The molecule has 2 N–H and O–H groups in total. The van der Waals surface area contributed by atoms with Gasteiger partial charge in [0.05, 0.1) is 13.2 Å². The van der Waals surface area contributed by atoms with Gasteiger partial charge in [-0.2, -0.15) is 8.42 Å². The zero-order valence-electron chi connectivity index (χ0n) is 25.5. The van der Waals surface area contributed by atoms with E-state index in [9.17, 15) is 23.1 Å². The normalized spacial score (nSPS) is 19.3. The molecule has 1 spiro atoms. The van der Waals surface area contributed by atoms with Crippen LogP contribution < -0.4 is 14.8 Å². The molecule has 12 heteroatoms. The number of nitrogens with one attached hydrogen (secondary N) is 1. The molecule has 0 unspecified atom stereocenters. The highest BCUT2D eigenvalue weighted by Gasteiger charge is 2.54. The van der Waals surface area contributed by atoms with E-state index in [2.05, 4.69) is 21.5 Å². The molecular weight excluding hydrogens is 572 g/mol. The highest BCUT2D eigenvalue weighted by atomic mass is 32.2. The molecule has 0 saturated carbocycles. The van der Waals surface area contributed by atoms with Crippen LogP contribution in [0, 0.1) is 12.8 Å². The van der Waals surface area contributed by atoms with E-state index in [4.69, 9.17) is 9.47 Å². The standard InChI is InChI=1S/C31H42N4O7S/c1-6-7-16-35-29(37)26(27(36)20(2)3)32-30(38)31(35)14-17-34(18-15-31)19-22-9-11-23(12-10-22)42-24-13-8-21(4)25(28(24)41-5)33-43(39)40/h8-13,20,26-27,36H,6-7,14-19H2,1-5H3,(H,32,38)/t26-,27-/m1/s1. The quantitative estimate of drug-likeness (QED) is 0.388. The summed E-state index contributed by atoms with van der Waals surface area (Å²) in [5.74, 6) is 0.627. The number of piperazine rings is 1. The van der Waals surface area contributed by atoms with Crippen molar-refractivity contribution in [3.63, 3.8) is 0 Å². The number of carbonyl (C=O) groups is 2. The number of amides is 2. The van der Waals surface area contributed by atoms with Gasteiger partial charge in [-0.25, -0.2) is 0 Å². The fourth-order valence-corrected chi connectivity index (χ4v) is 6.21. The highest BCUT2D eigenvalue weighted by Crippen LogP contribution is 2.42. The summed E-state index contributed by atoms with van der Waals surface area (Å²) >= 11 is 0. The molecule has 0 radical (unpaired) electrons. The fraction of sp³-hybridized carbons (Fsp3) is 0.548. The minimum Gasteiger partial charge on any atom is -0.491 e. The third-order valence-electron chi connectivity index (χ3n) is 8.43. The maximum atomic E-state index is 13.5. The smallest absolute Gasteiger partial charge is 0.316 e. The Bertz CT molecular complexity index is 1440. The molecule has 2 fully saturated rings. The lowest BCUT2D eigenvalue weighted by Gasteiger charge is -2.52. The third-order valence-corrected chi connectivity index (χ3v) is 8.76. The summed E-state index contributed by atoms with van der Waals surface area (Å²) in [5.41, 5.74) is 0.998. The predicted molar refractivity (Wildman–Crippen MR) is 162 cm³/mol. The van der Waals surface area contributed by atoms with Gasteiger partial charge in [-0.15, -0.1) is 4.36 Å². The van der Waals surface area contributed by atoms with Gasteiger partial charge in [-0.05, 0) is 61.4 Å². The van der Waals surface area contributed by atoms with Gasteiger partial charge in [0, 0.05) is 26.2 Å². The number of carbonyl (C=O) groups excluding carboxylic acids is 2. The van der Waals surface area contributed by atoms with E-state index in [0.29, 0.717) is 56.1 Å². The third kappa shape index (κ3) is 7.02. The van der Waals surface area contributed by atoms with Crippen LogP contribution in [0.4, 0.5) is 5.69 Å². The topological polar surface area (TPSA) is 138 Å². The SMILES string of the molecule is CCCCN1C(=O)[C@@H]([C@H](O)C(C)C)NC(=O)C12CCN(Cc1ccc(Oc3ccc(C)c(N=S(=O)=O)c3OC)cc1)CC2. The zero-order valence-corrected chi connectivity index (χ0v) is 26.3. The predicted octanol–water partition coefficient (Wildman–Crippen LogP) is 3.97. The molecule has 2 amide bonds. The minimum atomic E-state index is -2.63. The maximum Gasteiger partial charge on any atom is 0.316 e. The first kappa shape index (κ1) is 32.4. The Morgan fingerprint density at radius 3 is 2.37 bits per heavy atom. The number of methoxy groups -OCH3 is 1. The fourth-order valence-electron chi connectivity index (χ4n) is 5.84. The van der Waals surface area contributed by atoms with Crippen molar-refractivity contribution in [1.29, 1.82) is 0 Å². The Morgan fingerprint density at radius 2 is 1.79 bits per heavy atom. The van der Waals surface area contributed by atoms with Crippen LogP contribution >= 0.6 is 0 Å². The summed E-state index contributed by atoms with van der Waals surface area (Å²) in [6, 6.07) is 10.1. The first-order valence-electron chi connectivity index (χ1n) is 14.8. The molecule has 0 aromatic heterocycles. The van der Waals surface area contributed by atoms with Crippen LogP contribution in [-0.2, 0) is 26.6 Å². The van der Waals surface area contributed by atoms with E-state index < -0.39 is 28.2 Å². The summed E-state index contributed by atoms with van der Waals surface area (Å²) in [6.45, 7) is 9.94. The summed E-state index contributed by atoms with van der Waals surface area (Å²) in [7, 11) is -1.20. The van der Waals surface area contributed by atoms with E-state index in [0.717, 1.165) is 18.4 Å². The number of aryl methyl sites for hydroxylation is 1. The molecule has 4 rings (SSSR count). The number of rotatable bonds is 11. The number of unbranched alkanes of at least 4 members (excludes halogenated alkanes) is 1. The number of hydrogen-bond acceptors (Lipinski definition) is 9. The van der Waals surface area contributed by atoms with Crippen LogP contribution in [0.5, 0.6) is 17.2 Å². The lowest BCUT2D eigenvalue weighted by molar-refractivity contribution is -0.165. The van der Waals surface area contributed by atoms with Crippen LogP contribution in [-0.4, -0.2) is 79.6 Å². The van der Waals surface area contributed by atoms with E-state index in [-0.39, 0.29) is 29.2 Å². The van der Waals surface area contributed by atoms with Gasteiger partial charge in [-0.3, -0.25) is 14.5 Å². The average molecular weight is 615 g/mol. The van der Waals surface area contributed by atoms with Crippen LogP contribution in [0.25, 0.3) is 0 Å². The summed E-state index contributed by atoms with van der Waals surface area (Å²) < 4.78 is 37.4. The van der Waals surface area contributed by atoms with Crippen molar-refractivity contribution in [3.8, 4) is 17.2 Å². The molecule has 2 heterocycles. The van der Waals surface area contributed by atoms with Crippen LogP contribution in [0.2, 0.25) is 0 Å². The van der Waals surface area contributed by atoms with Gasteiger partial charge < -0.3 is 24.8 Å². The molecule has 0 bridgehead atoms. The van der Waals surface area contributed by atoms with Crippen LogP contribution in [0.1, 0.15) is 57.6 Å².